The second-order valence-corrected chi connectivity index (χ2v) is 16.1. The molecule has 10 heteroatoms. The Kier molecular flexibility index (Phi) is 7.33. The van der Waals surface area contributed by atoms with E-state index in [0.717, 1.165) is 33.9 Å². The molecule has 0 radical (unpaired) electrons. The molecule has 42 heavy (non-hydrogen) atoms. The number of amides is 1. The number of aryl methyl sites for hydroxylation is 1. The zero-order valence-electron chi connectivity index (χ0n) is 23.9. The first-order chi connectivity index (χ1) is 19.9. The van der Waals surface area contributed by atoms with E-state index < -0.39 is 32.5 Å². The monoisotopic (exact) mass is 607 g/mol. The number of nitrogens with zero attached hydrogens (tertiary/aromatic N) is 1. The van der Waals surface area contributed by atoms with Gasteiger partial charge in [-0.2, -0.15) is 0 Å². The molecule has 0 aliphatic heterocycles. The predicted octanol–water partition coefficient (Wildman–Crippen LogP) is 5.67. The molecule has 222 valence electrons. The van der Waals surface area contributed by atoms with Gasteiger partial charge < -0.3 is 5.32 Å². The number of anilines is 3. The Morgan fingerprint density at radius 3 is 1.95 bits per heavy atom. The standard InChI is InChI=1S/C32H37N3O5S2/c1-22-5-3-4-6-30(22)34-42(39,40)29-13-9-27(10-14-29)33-31(36)21-35(41(2,37)38)28-11-7-26(8-12-28)32-18-23-15-24(19-32)17-25(16-23)20-32/h3-14,23-25,34H,15-21H2,1-2H3,(H,33,36). The number of nitrogens with one attached hydrogen (secondary N) is 2. The van der Waals surface area contributed by atoms with E-state index >= 15 is 0 Å². The number of para-hydroxylation sites is 1. The fourth-order valence-corrected chi connectivity index (χ4v) is 9.77. The van der Waals surface area contributed by atoms with Gasteiger partial charge in [-0.1, -0.05) is 30.3 Å². The summed E-state index contributed by atoms with van der Waals surface area (Å²) in [7, 11) is -7.56. The summed E-state index contributed by atoms with van der Waals surface area (Å²) in [5, 5.41) is 2.69. The summed E-state index contributed by atoms with van der Waals surface area (Å²) < 4.78 is 54.8. The first-order valence-electron chi connectivity index (χ1n) is 14.5. The van der Waals surface area contributed by atoms with Gasteiger partial charge in [0, 0.05) is 5.69 Å². The van der Waals surface area contributed by atoms with Gasteiger partial charge in [-0.25, -0.2) is 16.8 Å². The number of sulfonamides is 2. The minimum Gasteiger partial charge on any atom is -0.325 e. The van der Waals surface area contributed by atoms with Gasteiger partial charge in [-0.15, -0.1) is 0 Å². The van der Waals surface area contributed by atoms with Crippen molar-refractivity contribution in [1.82, 2.24) is 0 Å². The largest absolute Gasteiger partial charge is 0.325 e. The van der Waals surface area contributed by atoms with E-state index in [9.17, 15) is 21.6 Å². The molecule has 4 saturated carbocycles. The van der Waals surface area contributed by atoms with Crippen LogP contribution in [-0.2, 0) is 30.3 Å². The average molecular weight is 608 g/mol. The van der Waals surface area contributed by atoms with Crippen LogP contribution < -0.4 is 14.3 Å². The molecular weight excluding hydrogens is 571 g/mol. The van der Waals surface area contributed by atoms with Crippen LogP contribution in [0.15, 0.2) is 77.7 Å². The summed E-state index contributed by atoms with van der Waals surface area (Å²) in [6.07, 6.45) is 8.83. The number of benzene rings is 3. The van der Waals surface area contributed by atoms with Crippen LogP contribution in [0.3, 0.4) is 0 Å². The summed E-state index contributed by atoms with van der Waals surface area (Å²) in [5.41, 5.74) is 3.58. The Labute approximate surface area is 248 Å². The van der Waals surface area contributed by atoms with Crippen molar-refractivity contribution in [3.8, 4) is 0 Å². The van der Waals surface area contributed by atoms with E-state index in [1.54, 1.807) is 12.1 Å². The van der Waals surface area contributed by atoms with Crippen LogP contribution in [0.5, 0.6) is 0 Å². The Bertz CT molecular complexity index is 1670. The second kappa shape index (κ2) is 10.7. The maximum Gasteiger partial charge on any atom is 0.261 e. The number of hydrogen-bond acceptors (Lipinski definition) is 5. The minimum absolute atomic E-state index is 0.0422. The van der Waals surface area contributed by atoms with Crippen LogP contribution in [0.1, 0.15) is 49.7 Å². The van der Waals surface area contributed by atoms with Crippen molar-refractivity contribution >= 4 is 43.0 Å². The van der Waals surface area contributed by atoms with Crippen molar-refractivity contribution in [2.45, 2.75) is 55.8 Å². The maximum absolute atomic E-state index is 13.0. The molecular formula is C32H37N3O5S2. The van der Waals surface area contributed by atoms with Gasteiger partial charge in [0.25, 0.3) is 10.0 Å². The molecule has 0 spiro atoms. The van der Waals surface area contributed by atoms with Crippen molar-refractivity contribution in [3.05, 3.63) is 83.9 Å². The molecule has 4 aliphatic rings. The van der Waals surface area contributed by atoms with Crippen LogP contribution >= 0.6 is 0 Å². The lowest BCUT2D eigenvalue weighted by Gasteiger charge is -2.57. The van der Waals surface area contributed by atoms with Gasteiger partial charge in [0.05, 0.1) is 22.5 Å². The van der Waals surface area contributed by atoms with E-state index in [-0.39, 0.29) is 10.3 Å². The van der Waals surface area contributed by atoms with Gasteiger partial charge >= 0.3 is 0 Å². The van der Waals surface area contributed by atoms with Gasteiger partial charge in [0.1, 0.15) is 6.54 Å². The quantitative estimate of drug-likeness (QED) is 0.326. The highest BCUT2D eigenvalue weighted by molar-refractivity contribution is 7.92. The summed E-state index contributed by atoms with van der Waals surface area (Å²) in [6, 6.07) is 20.6. The van der Waals surface area contributed by atoms with Gasteiger partial charge in [-0.05, 0) is 122 Å². The fraction of sp³-hybridized carbons (Fsp3) is 0.406. The fourth-order valence-electron chi connectivity index (χ4n) is 7.78. The van der Waals surface area contributed by atoms with Crippen molar-refractivity contribution in [3.63, 3.8) is 0 Å². The molecule has 0 atom stereocenters. The topological polar surface area (TPSA) is 113 Å². The summed E-state index contributed by atoms with van der Waals surface area (Å²) in [6.45, 7) is 1.41. The predicted molar refractivity (Wildman–Crippen MR) is 166 cm³/mol. The van der Waals surface area contributed by atoms with E-state index in [1.807, 2.05) is 31.2 Å². The Balaban J connectivity index is 1.13. The zero-order chi connectivity index (χ0) is 29.7. The average Bonchev–Trinajstić information content (AvgIpc) is 2.92. The van der Waals surface area contributed by atoms with E-state index in [0.29, 0.717) is 17.1 Å². The highest BCUT2D eigenvalue weighted by atomic mass is 32.2. The molecule has 0 aromatic heterocycles. The Morgan fingerprint density at radius 2 is 1.40 bits per heavy atom. The number of carbonyl (C=O) groups excluding carboxylic acids is 1. The summed E-state index contributed by atoms with van der Waals surface area (Å²) in [4.78, 5) is 13.0. The third kappa shape index (κ3) is 5.79. The van der Waals surface area contributed by atoms with Crippen LogP contribution in [0.4, 0.5) is 17.1 Å². The van der Waals surface area contributed by atoms with Gasteiger partial charge in [0.2, 0.25) is 15.9 Å². The Morgan fingerprint density at radius 1 is 0.833 bits per heavy atom. The molecule has 4 bridgehead atoms. The molecule has 0 saturated heterocycles. The van der Waals surface area contributed by atoms with E-state index in [2.05, 4.69) is 22.2 Å². The first-order valence-corrected chi connectivity index (χ1v) is 17.8. The molecule has 3 aromatic carbocycles. The highest BCUT2D eigenvalue weighted by Gasteiger charge is 2.51. The number of carbonyl (C=O) groups is 1. The van der Waals surface area contributed by atoms with Gasteiger partial charge in [0.15, 0.2) is 0 Å². The van der Waals surface area contributed by atoms with Crippen LogP contribution in [-0.4, -0.2) is 35.5 Å². The summed E-state index contributed by atoms with van der Waals surface area (Å²) in [5.74, 6) is 1.90. The smallest absolute Gasteiger partial charge is 0.261 e. The Hall–Kier alpha value is -3.37. The summed E-state index contributed by atoms with van der Waals surface area (Å²) >= 11 is 0. The normalized spacial score (nSPS) is 24.8. The molecule has 4 aliphatic carbocycles. The lowest BCUT2D eigenvalue weighted by molar-refractivity contribution is -0.114. The van der Waals surface area contributed by atoms with Crippen LogP contribution in [0, 0.1) is 24.7 Å². The van der Waals surface area contributed by atoms with Crippen molar-refractivity contribution < 1.29 is 21.6 Å². The molecule has 8 nitrogen and oxygen atoms in total. The highest BCUT2D eigenvalue weighted by Crippen LogP contribution is 2.60. The van der Waals surface area contributed by atoms with Crippen molar-refractivity contribution in [1.29, 1.82) is 0 Å². The first kappa shape index (κ1) is 28.7. The number of rotatable bonds is 9. The zero-order valence-corrected chi connectivity index (χ0v) is 25.5. The van der Waals surface area contributed by atoms with Crippen LogP contribution in [0.25, 0.3) is 0 Å². The van der Waals surface area contributed by atoms with E-state index in [1.165, 1.54) is 68.4 Å². The van der Waals surface area contributed by atoms with Crippen molar-refractivity contribution in [2.75, 3.05) is 27.1 Å². The second-order valence-electron chi connectivity index (χ2n) is 12.5. The maximum atomic E-state index is 13.0. The molecule has 1 amide bonds. The molecule has 0 heterocycles. The van der Waals surface area contributed by atoms with E-state index in [4.69, 9.17) is 0 Å². The molecule has 0 unspecified atom stereocenters. The van der Waals surface area contributed by atoms with Crippen LogP contribution in [0.2, 0.25) is 0 Å². The number of hydrogen-bond donors (Lipinski definition) is 2. The third-order valence-electron chi connectivity index (χ3n) is 9.33. The van der Waals surface area contributed by atoms with Crippen molar-refractivity contribution in [2.24, 2.45) is 17.8 Å². The third-order valence-corrected chi connectivity index (χ3v) is 11.9. The minimum atomic E-state index is -3.82. The lowest BCUT2D eigenvalue weighted by atomic mass is 9.48. The lowest BCUT2D eigenvalue weighted by Crippen LogP contribution is -2.48. The molecule has 3 aromatic rings. The molecule has 7 rings (SSSR count). The molecule has 2 N–H and O–H groups in total. The molecule has 4 fully saturated rings. The SMILES string of the molecule is Cc1ccccc1NS(=O)(=O)c1ccc(NC(=O)CN(c2ccc(C34CC5CC(CC(C5)C3)C4)cc2)S(C)(=O)=O)cc1. The van der Waals surface area contributed by atoms with Gasteiger partial charge in [-0.3, -0.25) is 13.8 Å².